The van der Waals surface area contributed by atoms with Gasteiger partial charge in [0.05, 0.1) is 0 Å². The number of Topliss-reactive ketones (excluding diaryl/α,β-unsaturated/α-hetero) is 1. The number of hydrogen-bond acceptors (Lipinski definition) is 2. The summed E-state index contributed by atoms with van der Waals surface area (Å²) in [7, 11) is 3.96. The molecule has 0 saturated heterocycles. The summed E-state index contributed by atoms with van der Waals surface area (Å²) >= 11 is 0. The van der Waals surface area contributed by atoms with Crippen LogP contribution in [0.3, 0.4) is 0 Å². The van der Waals surface area contributed by atoms with Gasteiger partial charge in [-0.1, -0.05) is 13.0 Å². The minimum Gasteiger partial charge on any atom is -0.381 e. The van der Waals surface area contributed by atoms with Crippen molar-refractivity contribution in [3.8, 4) is 0 Å². The van der Waals surface area contributed by atoms with Crippen molar-refractivity contribution in [2.75, 3.05) is 14.1 Å². The van der Waals surface area contributed by atoms with Crippen molar-refractivity contribution in [3.63, 3.8) is 0 Å². The van der Waals surface area contributed by atoms with Crippen molar-refractivity contribution in [1.29, 1.82) is 0 Å². The molecule has 0 spiro atoms. The molecule has 1 aliphatic carbocycles. The second-order valence-electron chi connectivity index (χ2n) is 3.37. The van der Waals surface area contributed by atoms with E-state index in [1.165, 1.54) is 0 Å². The maximum absolute atomic E-state index is 11.2. The van der Waals surface area contributed by atoms with Gasteiger partial charge in [-0.15, -0.1) is 0 Å². The second kappa shape index (κ2) is 3.07. The van der Waals surface area contributed by atoms with Crippen LogP contribution in [0.1, 0.15) is 19.8 Å². The first-order chi connectivity index (χ1) is 5.11. The van der Waals surface area contributed by atoms with Crippen LogP contribution in [-0.2, 0) is 4.79 Å². The Kier molecular flexibility index (Phi) is 2.32. The Hall–Kier alpha value is -0.790. The summed E-state index contributed by atoms with van der Waals surface area (Å²) in [5.74, 6) is 0.606. The van der Waals surface area contributed by atoms with E-state index in [0.29, 0.717) is 12.2 Å². The lowest BCUT2D eigenvalue weighted by molar-refractivity contribution is -0.122. The minimum absolute atomic E-state index is 0.235. The fourth-order valence-electron chi connectivity index (χ4n) is 1.21. The van der Waals surface area contributed by atoms with Gasteiger partial charge in [-0.3, -0.25) is 4.79 Å². The lowest BCUT2D eigenvalue weighted by Crippen LogP contribution is -2.22. The number of allylic oxidation sites excluding steroid dienone is 2. The maximum atomic E-state index is 11.2. The van der Waals surface area contributed by atoms with Crippen LogP contribution in [0, 0.1) is 5.92 Å². The number of nitrogens with zero attached hydrogens (tertiary/aromatic N) is 1. The largest absolute Gasteiger partial charge is 0.381 e. The average molecular weight is 153 g/mol. The van der Waals surface area contributed by atoms with Crippen LogP contribution < -0.4 is 0 Å². The quantitative estimate of drug-likeness (QED) is 0.568. The van der Waals surface area contributed by atoms with E-state index in [4.69, 9.17) is 0 Å². The first-order valence-electron chi connectivity index (χ1n) is 4.00. The number of ketones is 1. The van der Waals surface area contributed by atoms with Gasteiger partial charge in [0.15, 0.2) is 0 Å². The summed E-state index contributed by atoms with van der Waals surface area (Å²) in [6.45, 7) is 1.99. The Balaban J connectivity index is 2.66. The van der Waals surface area contributed by atoms with Crippen molar-refractivity contribution in [3.05, 3.63) is 11.8 Å². The maximum Gasteiger partial charge on any atom is 0.141 e. The van der Waals surface area contributed by atoms with Gasteiger partial charge < -0.3 is 4.90 Å². The zero-order chi connectivity index (χ0) is 8.43. The van der Waals surface area contributed by atoms with E-state index in [2.05, 4.69) is 6.08 Å². The summed E-state index contributed by atoms with van der Waals surface area (Å²) in [6.07, 6.45) is 3.69. The van der Waals surface area contributed by atoms with Gasteiger partial charge in [0.2, 0.25) is 0 Å². The fraction of sp³-hybridized carbons (Fsp3) is 0.667. The topological polar surface area (TPSA) is 20.3 Å². The molecular formula is C9H15NO. The van der Waals surface area contributed by atoms with Gasteiger partial charge >= 0.3 is 0 Å². The average Bonchev–Trinajstić information content (AvgIpc) is 1.94. The smallest absolute Gasteiger partial charge is 0.141 e. The molecule has 0 amide bonds. The Morgan fingerprint density at radius 3 is 2.64 bits per heavy atom. The van der Waals surface area contributed by atoms with E-state index in [1.54, 1.807) is 0 Å². The lowest BCUT2D eigenvalue weighted by Gasteiger charge is -2.22. The number of rotatable bonds is 1. The molecule has 11 heavy (non-hydrogen) atoms. The summed E-state index contributed by atoms with van der Waals surface area (Å²) in [5, 5.41) is 0. The molecule has 0 saturated carbocycles. The zero-order valence-electron chi connectivity index (χ0n) is 7.42. The molecule has 0 aromatic rings. The Bertz CT molecular complexity index is 194. The zero-order valence-corrected chi connectivity index (χ0v) is 7.42. The predicted molar refractivity (Wildman–Crippen MR) is 45.2 cm³/mol. The van der Waals surface area contributed by atoms with Crippen molar-refractivity contribution >= 4 is 5.78 Å². The van der Waals surface area contributed by atoms with Crippen LogP contribution in [0.15, 0.2) is 11.8 Å². The summed E-state index contributed by atoms with van der Waals surface area (Å²) in [4.78, 5) is 13.3. The Morgan fingerprint density at radius 2 is 2.18 bits per heavy atom. The first-order valence-corrected chi connectivity index (χ1v) is 4.00. The molecule has 0 N–H and O–H groups in total. The second-order valence-corrected chi connectivity index (χ2v) is 3.37. The molecule has 1 aliphatic rings. The highest BCUT2D eigenvalue weighted by atomic mass is 16.1. The van der Waals surface area contributed by atoms with Gasteiger partial charge in [0.1, 0.15) is 5.78 Å². The SMILES string of the molecule is CC1CC=C(N(C)C)CC1=O. The summed E-state index contributed by atoms with van der Waals surface area (Å²) < 4.78 is 0. The number of carbonyl (C=O) groups is 1. The van der Waals surface area contributed by atoms with Crippen molar-refractivity contribution in [1.82, 2.24) is 4.90 Å². The molecule has 0 radical (unpaired) electrons. The highest BCUT2D eigenvalue weighted by Gasteiger charge is 2.19. The molecule has 0 fully saturated rings. The number of hydrogen-bond donors (Lipinski definition) is 0. The molecule has 0 aromatic heterocycles. The third-order valence-electron chi connectivity index (χ3n) is 2.19. The van der Waals surface area contributed by atoms with E-state index >= 15 is 0 Å². The van der Waals surface area contributed by atoms with Gasteiger partial charge in [-0.25, -0.2) is 0 Å². The third-order valence-corrected chi connectivity index (χ3v) is 2.19. The van der Waals surface area contributed by atoms with Crippen LogP contribution in [0.5, 0.6) is 0 Å². The van der Waals surface area contributed by atoms with E-state index < -0.39 is 0 Å². The van der Waals surface area contributed by atoms with Gasteiger partial charge in [0, 0.05) is 32.1 Å². The van der Waals surface area contributed by atoms with Crippen LogP contribution in [0.25, 0.3) is 0 Å². The van der Waals surface area contributed by atoms with E-state index in [-0.39, 0.29) is 5.92 Å². The lowest BCUT2D eigenvalue weighted by atomic mass is 9.92. The summed E-state index contributed by atoms with van der Waals surface area (Å²) in [6, 6.07) is 0. The molecule has 1 rings (SSSR count). The van der Waals surface area contributed by atoms with E-state index in [9.17, 15) is 4.79 Å². The van der Waals surface area contributed by atoms with Crippen molar-refractivity contribution in [2.45, 2.75) is 19.8 Å². The van der Waals surface area contributed by atoms with Crippen molar-refractivity contribution < 1.29 is 4.79 Å². The standard InChI is InChI=1S/C9H15NO/c1-7-4-5-8(10(2)3)6-9(7)11/h5,7H,4,6H2,1-3H3. The fourth-order valence-corrected chi connectivity index (χ4v) is 1.21. The van der Waals surface area contributed by atoms with Gasteiger partial charge in [0.25, 0.3) is 0 Å². The third kappa shape index (κ3) is 1.82. The van der Waals surface area contributed by atoms with Crippen molar-refractivity contribution in [2.24, 2.45) is 5.92 Å². The van der Waals surface area contributed by atoms with Crippen LogP contribution >= 0.6 is 0 Å². The van der Waals surface area contributed by atoms with Gasteiger partial charge in [-0.2, -0.15) is 0 Å². The Labute approximate surface area is 67.9 Å². The van der Waals surface area contributed by atoms with Crippen LogP contribution in [-0.4, -0.2) is 24.8 Å². The normalized spacial score (nSPS) is 24.8. The molecule has 0 aromatic carbocycles. The summed E-state index contributed by atoms with van der Waals surface area (Å²) in [5.41, 5.74) is 1.16. The molecule has 0 bridgehead atoms. The minimum atomic E-state index is 0.235. The molecule has 1 unspecified atom stereocenters. The highest BCUT2D eigenvalue weighted by Crippen LogP contribution is 2.20. The molecule has 2 heteroatoms. The highest BCUT2D eigenvalue weighted by molar-refractivity contribution is 5.84. The van der Waals surface area contributed by atoms with E-state index in [0.717, 1.165) is 12.1 Å². The Morgan fingerprint density at radius 1 is 1.55 bits per heavy atom. The molecule has 62 valence electrons. The van der Waals surface area contributed by atoms with Crippen LogP contribution in [0.2, 0.25) is 0 Å². The predicted octanol–water partition coefficient (Wildman–Crippen LogP) is 1.43. The molecule has 1 atom stereocenters. The molecule has 2 nitrogen and oxygen atoms in total. The molecular weight excluding hydrogens is 138 g/mol. The van der Waals surface area contributed by atoms with Gasteiger partial charge in [-0.05, 0) is 6.42 Å². The molecule has 0 aliphatic heterocycles. The monoisotopic (exact) mass is 153 g/mol. The van der Waals surface area contributed by atoms with E-state index in [1.807, 2.05) is 25.9 Å². The number of carbonyl (C=O) groups excluding carboxylic acids is 1. The molecule has 0 heterocycles. The first kappa shape index (κ1) is 8.31. The van der Waals surface area contributed by atoms with Crippen LogP contribution in [0.4, 0.5) is 0 Å².